The van der Waals surface area contributed by atoms with Crippen molar-refractivity contribution in [2.45, 2.75) is 20.8 Å². The van der Waals surface area contributed by atoms with E-state index in [9.17, 15) is 0 Å². The molecule has 0 aromatic rings. The molecule has 0 radical (unpaired) electrons. The van der Waals surface area contributed by atoms with Gasteiger partial charge in [0.25, 0.3) is 0 Å². The Morgan fingerprint density at radius 1 is 1.50 bits per heavy atom. The molecule has 56 valence electrons. The Labute approximate surface area is 66.6 Å². The van der Waals surface area contributed by atoms with Crippen molar-refractivity contribution in [1.82, 2.24) is 5.32 Å². The highest BCUT2D eigenvalue weighted by atomic mass is 32.2. The maximum absolute atomic E-state index is 3.82. The molecule has 1 rings (SSSR count). The van der Waals surface area contributed by atoms with E-state index in [0.717, 1.165) is 5.03 Å². The smallest absolute Gasteiger partial charge is 0.0693 e. The van der Waals surface area contributed by atoms with E-state index in [1.165, 1.54) is 5.70 Å². The molecule has 0 aliphatic carbocycles. The van der Waals surface area contributed by atoms with Crippen molar-refractivity contribution in [2.75, 3.05) is 0 Å². The maximum atomic E-state index is 3.82. The van der Waals surface area contributed by atoms with Crippen molar-refractivity contribution in [3.63, 3.8) is 0 Å². The van der Waals surface area contributed by atoms with Gasteiger partial charge in [0, 0.05) is 11.1 Å². The lowest BCUT2D eigenvalue weighted by Crippen LogP contribution is -2.18. The zero-order valence-electron chi connectivity index (χ0n) is 6.69. The molecule has 10 heavy (non-hydrogen) atoms. The van der Waals surface area contributed by atoms with Crippen molar-refractivity contribution in [1.29, 1.82) is 0 Å². The molecule has 1 N–H and O–H groups in total. The fourth-order valence-electron chi connectivity index (χ4n) is 0.703. The highest BCUT2D eigenvalue weighted by Crippen LogP contribution is 2.33. The maximum Gasteiger partial charge on any atom is 0.0693 e. The van der Waals surface area contributed by atoms with Gasteiger partial charge in [0.1, 0.15) is 0 Å². The SMILES string of the molecule is C=C1NC(C(C)(C)C)=CS1. The van der Waals surface area contributed by atoms with Gasteiger partial charge in [-0.25, -0.2) is 0 Å². The van der Waals surface area contributed by atoms with Crippen LogP contribution in [0.3, 0.4) is 0 Å². The van der Waals surface area contributed by atoms with Crippen LogP contribution < -0.4 is 5.32 Å². The molecule has 1 aliphatic heterocycles. The number of nitrogens with one attached hydrogen (secondary N) is 1. The Kier molecular flexibility index (Phi) is 1.82. The predicted molar refractivity (Wildman–Crippen MR) is 47.4 cm³/mol. The Bertz CT molecular complexity index is 186. The molecule has 0 spiro atoms. The Balaban J connectivity index is 2.69. The van der Waals surface area contributed by atoms with Crippen LogP contribution in [-0.4, -0.2) is 0 Å². The van der Waals surface area contributed by atoms with Gasteiger partial charge >= 0.3 is 0 Å². The molecule has 0 saturated heterocycles. The number of hydrogen-bond donors (Lipinski definition) is 1. The van der Waals surface area contributed by atoms with Gasteiger partial charge in [-0.1, -0.05) is 39.1 Å². The molecule has 1 heterocycles. The van der Waals surface area contributed by atoms with Gasteiger partial charge < -0.3 is 5.32 Å². The summed E-state index contributed by atoms with van der Waals surface area (Å²) in [5, 5.41) is 6.38. The highest BCUT2D eigenvalue weighted by molar-refractivity contribution is 8.06. The van der Waals surface area contributed by atoms with E-state index >= 15 is 0 Å². The zero-order valence-corrected chi connectivity index (χ0v) is 7.51. The minimum Gasteiger partial charge on any atom is -0.353 e. The van der Waals surface area contributed by atoms with Crippen LogP contribution in [0, 0.1) is 5.41 Å². The van der Waals surface area contributed by atoms with E-state index in [-0.39, 0.29) is 5.41 Å². The van der Waals surface area contributed by atoms with Crippen LogP contribution >= 0.6 is 11.8 Å². The molecule has 0 aromatic heterocycles. The summed E-state index contributed by atoms with van der Waals surface area (Å²) in [5.74, 6) is 0. The minimum absolute atomic E-state index is 0.229. The standard InChI is InChI=1S/C8H13NS/c1-6-9-7(5-10-6)8(2,3)4/h5,9H,1H2,2-4H3. The molecule has 0 saturated carbocycles. The average molecular weight is 155 g/mol. The monoisotopic (exact) mass is 155 g/mol. The van der Waals surface area contributed by atoms with Gasteiger partial charge in [-0.15, -0.1) is 0 Å². The Morgan fingerprint density at radius 3 is 2.30 bits per heavy atom. The van der Waals surface area contributed by atoms with Crippen molar-refractivity contribution >= 4 is 11.8 Å². The number of allylic oxidation sites excluding steroid dienone is 1. The summed E-state index contributed by atoms with van der Waals surface area (Å²) in [5.41, 5.74) is 1.49. The molecule has 0 unspecified atom stereocenters. The first kappa shape index (κ1) is 7.73. The number of hydrogen-bond acceptors (Lipinski definition) is 2. The first-order valence-corrected chi connectivity index (χ1v) is 4.21. The molecule has 0 atom stereocenters. The minimum atomic E-state index is 0.229. The topological polar surface area (TPSA) is 12.0 Å². The van der Waals surface area contributed by atoms with Crippen LogP contribution in [0.1, 0.15) is 20.8 Å². The average Bonchev–Trinajstić information content (AvgIpc) is 2.11. The molecular weight excluding hydrogens is 142 g/mol. The molecule has 0 fully saturated rings. The Hall–Kier alpha value is -0.370. The van der Waals surface area contributed by atoms with Crippen LogP contribution in [0.5, 0.6) is 0 Å². The summed E-state index contributed by atoms with van der Waals surface area (Å²) in [6, 6.07) is 0. The first-order chi connectivity index (χ1) is 4.50. The van der Waals surface area contributed by atoms with E-state index in [0.29, 0.717) is 0 Å². The lowest BCUT2D eigenvalue weighted by atomic mass is 9.93. The van der Waals surface area contributed by atoms with Crippen LogP contribution in [0.25, 0.3) is 0 Å². The van der Waals surface area contributed by atoms with Crippen LogP contribution in [0.15, 0.2) is 22.7 Å². The molecule has 0 bridgehead atoms. The van der Waals surface area contributed by atoms with Gasteiger partial charge in [-0.2, -0.15) is 0 Å². The van der Waals surface area contributed by atoms with Gasteiger partial charge in [0.15, 0.2) is 0 Å². The number of rotatable bonds is 0. The summed E-state index contributed by atoms with van der Waals surface area (Å²) in [6.07, 6.45) is 0. The lowest BCUT2D eigenvalue weighted by Gasteiger charge is -2.19. The highest BCUT2D eigenvalue weighted by Gasteiger charge is 2.20. The second kappa shape index (κ2) is 2.35. The van der Waals surface area contributed by atoms with E-state index < -0.39 is 0 Å². The van der Waals surface area contributed by atoms with E-state index in [2.05, 4.69) is 38.1 Å². The summed E-state index contributed by atoms with van der Waals surface area (Å²) in [7, 11) is 0. The van der Waals surface area contributed by atoms with E-state index in [1.54, 1.807) is 11.8 Å². The van der Waals surface area contributed by atoms with Crippen molar-refractivity contribution in [3.8, 4) is 0 Å². The van der Waals surface area contributed by atoms with Gasteiger partial charge in [-0.05, 0) is 5.41 Å². The third kappa shape index (κ3) is 1.57. The van der Waals surface area contributed by atoms with Gasteiger partial charge in [0.05, 0.1) is 5.03 Å². The molecule has 1 aliphatic rings. The van der Waals surface area contributed by atoms with E-state index in [1.807, 2.05) is 0 Å². The fraction of sp³-hybridized carbons (Fsp3) is 0.500. The van der Waals surface area contributed by atoms with Crippen molar-refractivity contribution < 1.29 is 0 Å². The lowest BCUT2D eigenvalue weighted by molar-refractivity contribution is 0.481. The molecule has 1 nitrogen and oxygen atoms in total. The summed E-state index contributed by atoms with van der Waals surface area (Å²) < 4.78 is 0. The first-order valence-electron chi connectivity index (χ1n) is 3.33. The largest absolute Gasteiger partial charge is 0.353 e. The van der Waals surface area contributed by atoms with Gasteiger partial charge in [0.2, 0.25) is 0 Å². The van der Waals surface area contributed by atoms with E-state index in [4.69, 9.17) is 0 Å². The van der Waals surface area contributed by atoms with Crippen molar-refractivity contribution in [2.24, 2.45) is 5.41 Å². The normalized spacial score (nSPS) is 18.7. The van der Waals surface area contributed by atoms with Gasteiger partial charge in [-0.3, -0.25) is 0 Å². The zero-order chi connectivity index (χ0) is 7.78. The summed E-state index contributed by atoms with van der Waals surface area (Å²) >= 11 is 1.66. The second-order valence-electron chi connectivity index (χ2n) is 3.45. The predicted octanol–water partition coefficient (Wildman–Crippen LogP) is 2.68. The van der Waals surface area contributed by atoms with Crippen molar-refractivity contribution in [3.05, 3.63) is 22.7 Å². The van der Waals surface area contributed by atoms with Crippen LogP contribution in [-0.2, 0) is 0 Å². The van der Waals surface area contributed by atoms with Crippen LogP contribution in [0.2, 0.25) is 0 Å². The Morgan fingerprint density at radius 2 is 2.10 bits per heavy atom. The third-order valence-corrected chi connectivity index (χ3v) is 2.14. The molecule has 0 amide bonds. The third-order valence-electron chi connectivity index (χ3n) is 1.40. The summed E-state index contributed by atoms with van der Waals surface area (Å²) in [6.45, 7) is 10.4. The quantitative estimate of drug-likeness (QED) is 0.577. The molecule has 0 aromatic carbocycles. The second-order valence-corrected chi connectivity index (χ2v) is 4.41. The molecular formula is C8H13NS. The fourth-order valence-corrected chi connectivity index (χ4v) is 1.54. The summed E-state index contributed by atoms with van der Waals surface area (Å²) in [4.78, 5) is 0. The van der Waals surface area contributed by atoms with Crippen LogP contribution in [0.4, 0.5) is 0 Å². The molecule has 2 heteroatoms. The number of thioether (sulfide) groups is 1.